The van der Waals surface area contributed by atoms with Crippen LogP contribution in [0.15, 0.2) is 0 Å². The number of hydrogen-bond donors (Lipinski definition) is 1. The Morgan fingerprint density at radius 3 is 2.56 bits per heavy atom. The van der Waals surface area contributed by atoms with E-state index in [-0.39, 0.29) is 12.1 Å². The number of nitrogens with zero attached hydrogens (tertiary/aromatic N) is 2. The summed E-state index contributed by atoms with van der Waals surface area (Å²) in [5, 5.41) is 0. The first kappa shape index (κ1) is 13.7. The highest BCUT2D eigenvalue weighted by Gasteiger charge is 2.32. The van der Waals surface area contributed by atoms with Crippen molar-refractivity contribution in [3.63, 3.8) is 0 Å². The molecule has 2 N–H and O–H groups in total. The van der Waals surface area contributed by atoms with Crippen LogP contribution in [0.25, 0.3) is 0 Å². The highest BCUT2D eigenvalue weighted by atomic mass is 16.2. The van der Waals surface area contributed by atoms with Crippen LogP contribution in [0.5, 0.6) is 0 Å². The van der Waals surface area contributed by atoms with Crippen molar-refractivity contribution in [2.45, 2.75) is 51.5 Å². The molecule has 2 rings (SSSR count). The second-order valence-electron chi connectivity index (χ2n) is 5.71. The summed E-state index contributed by atoms with van der Waals surface area (Å²) in [5.74, 6) is 0.754. The van der Waals surface area contributed by atoms with E-state index in [2.05, 4.69) is 6.92 Å². The summed E-state index contributed by atoms with van der Waals surface area (Å²) in [4.78, 5) is 16.6. The van der Waals surface area contributed by atoms with Crippen LogP contribution in [0, 0.1) is 5.92 Å². The third-order valence-corrected chi connectivity index (χ3v) is 4.55. The van der Waals surface area contributed by atoms with E-state index >= 15 is 0 Å². The minimum absolute atomic E-state index is 0.236. The molecule has 2 heterocycles. The molecule has 2 aliphatic rings. The van der Waals surface area contributed by atoms with E-state index in [1.165, 1.54) is 12.8 Å². The molecule has 0 aromatic carbocycles. The number of carbonyl (C=O) groups excluding carboxylic acids is 1. The summed E-state index contributed by atoms with van der Waals surface area (Å²) in [6.45, 7) is 5.61. The normalized spacial score (nSPS) is 29.4. The Balaban J connectivity index is 1.95. The predicted molar refractivity (Wildman–Crippen MR) is 73.4 cm³/mol. The number of rotatable bonds is 2. The Morgan fingerprint density at radius 2 is 1.94 bits per heavy atom. The zero-order valence-electron chi connectivity index (χ0n) is 11.6. The molecule has 2 fully saturated rings. The van der Waals surface area contributed by atoms with Crippen LogP contribution in [0.4, 0.5) is 4.79 Å². The molecule has 2 saturated heterocycles. The lowest BCUT2D eigenvalue weighted by atomic mass is 9.89. The largest absolute Gasteiger partial charge is 0.328 e. The molecule has 104 valence electrons. The van der Waals surface area contributed by atoms with Gasteiger partial charge in [-0.15, -0.1) is 0 Å². The van der Waals surface area contributed by atoms with Gasteiger partial charge in [-0.1, -0.05) is 13.3 Å². The Hall–Kier alpha value is -0.770. The minimum Gasteiger partial charge on any atom is -0.328 e. The molecule has 0 aliphatic carbocycles. The molecule has 0 aromatic heterocycles. The number of carbonyl (C=O) groups is 1. The second kappa shape index (κ2) is 6.41. The molecule has 4 nitrogen and oxygen atoms in total. The first-order valence-electron chi connectivity index (χ1n) is 7.51. The molecule has 0 radical (unpaired) electrons. The monoisotopic (exact) mass is 253 g/mol. The SMILES string of the molecule is CCC1CCN(C(=O)N2CCCCC2)C(CN)C1. The maximum atomic E-state index is 12.5. The van der Waals surface area contributed by atoms with Crippen LogP contribution in [0.3, 0.4) is 0 Å². The molecule has 2 amide bonds. The van der Waals surface area contributed by atoms with Crippen LogP contribution < -0.4 is 5.73 Å². The summed E-state index contributed by atoms with van der Waals surface area (Å²) >= 11 is 0. The first-order chi connectivity index (χ1) is 8.76. The Morgan fingerprint density at radius 1 is 1.22 bits per heavy atom. The summed E-state index contributed by atoms with van der Waals surface area (Å²) in [7, 11) is 0. The van der Waals surface area contributed by atoms with Crippen LogP contribution >= 0.6 is 0 Å². The molecule has 2 aliphatic heterocycles. The van der Waals surface area contributed by atoms with Gasteiger partial charge < -0.3 is 15.5 Å². The molecular weight excluding hydrogens is 226 g/mol. The number of hydrogen-bond acceptors (Lipinski definition) is 2. The quantitative estimate of drug-likeness (QED) is 0.818. The lowest BCUT2D eigenvalue weighted by Crippen LogP contribution is -2.54. The lowest BCUT2D eigenvalue weighted by molar-refractivity contribution is 0.0943. The number of urea groups is 1. The van der Waals surface area contributed by atoms with E-state index in [9.17, 15) is 4.79 Å². The fourth-order valence-electron chi connectivity index (χ4n) is 3.25. The van der Waals surface area contributed by atoms with Crippen molar-refractivity contribution in [1.82, 2.24) is 9.80 Å². The van der Waals surface area contributed by atoms with Gasteiger partial charge in [-0.2, -0.15) is 0 Å². The average molecular weight is 253 g/mol. The van der Waals surface area contributed by atoms with Gasteiger partial charge in [-0.05, 0) is 38.0 Å². The fraction of sp³-hybridized carbons (Fsp3) is 0.929. The van der Waals surface area contributed by atoms with Crippen LogP contribution in [0.2, 0.25) is 0 Å². The Bertz CT molecular complexity index is 276. The Kier molecular flexibility index (Phi) is 4.87. The van der Waals surface area contributed by atoms with Crippen molar-refractivity contribution in [3.05, 3.63) is 0 Å². The zero-order valence-corrected chi connectivity index (χ0v) is 11.6. The molecule has 2 unspecified atom stereocenters. The van der Waals surface area contributed by atoms with Gasteiger partial charge in [0, 0.05) is 32.2 Å². The first-order valence-corrected chi connectivity index (χ1v) is 7.51. The van der Waals surface area contributed by atoms with Crippen molar-refractivity contribution >= 4 is 6.03 Å². The van der Waals surface area contributed by atoms with Gasteiger partial charge in [0.1, 0.15) is 0 Å². The zero-order chi connectivity index (χ0) is 13.0. The van der Waals surface area contributed by atoms with Crippen LogP contribution in [0.1, 0.15) is 45.4 Å². The predicted octanol–water partition coefficient (Wildman–Crippen LogP) is 2.04. The third-order valence-electron chi connectivity index (χ3n) is 4.55. The molecule has 18 heavy (non-hydrogen) atoms. The van der Waals surface area contributed by atoms with Gasteiger partial charge in [-0.3, -0.25) is 0 Å². The number of piperidine rings is 2. The minimum atomic E-state index is 0.236. The van der Waals surface area contributed by atoms with Gasteiger partial charge >= 0.3 is 6.03 Å². The molecule has 2 atom stereocenters. The van der Waals surface area contributed by atoms with Crippen LogP contribution in [-0.4, -0.2) is 48.1 Å². The number of nitrogens with two attached hydrogens (primary N) is 1. The summed E-state index contributed by atoms with van der Waals surface area (Å²) < 4.78 is 0. The van der Waals surface area contributed by atoms with Crippen molar-refractivity contribution in [2.75, 3.05) is 26.2 Å². The fourth-order valence-corrected chi connectivity index (χ4v) is 3.25. The molecule has 0 saturated carbocycles. The molecular formula is C14H27N3O. The van der Waals surface area contributed by atoms with E-state index in [1.807, 2.05) is 9.80 Å². The van der Waals surface area contributed by atoms with Gasteiger partial charge in [0.2, 0.25) is 0 Å². The topological polar surface area (TPSA) is 49.6 Å². The van der Waals surface area contributed by atoms with E-state index in [1.54, 1.807) is 0 Å². The highest BCUT2D eigenvalue weighted by Crippen LogP contribution is 2.26. The van der Waals surface area contributed by atoms with Crippen molar-refractivity contribution < 1.29 is 4.79 Å². The van der Waals surface area contributed by atoms with E-state index in [0.29, 0.717) is 6.54 Å². The maximum absolute atomic E-state index is 12.5. The standard InChI is InChI=1S/C14H27N3O/c1-2-12-6-9-17(13(10-12)11-15)14(18)16-7-4-3-5-8-16/h12-13H,2-11,15H2,1H3. The molecule has 4 heteroatoms. The van der Waals surface area contributed by atoms with E-state index in [0.717, 1.165) is 51.2 Å². The summed E-state index contributed by atoms with van der Waals surface area (Å²) in [5.41, 5.74) is 5.87. The van der Waals surface area contributed by atoms with Crippen LogP contribution in [-0.2, 0) is 0 Å². The third kappa shape index (κ3) is 2.97. The smallest absolute Gasteiger partial charge is 0.320 e. The maximum Gasteiger partial charge on any atom is 0.320 e. The van der Waals surface area contributed by atoms with Crippen molar-refractivity contribution in [2.24, 2.45) is 11.7 Å². The lowest BCUT2D eigenvalue weighted by Gasteiger charge is -2.42. The number of likely N-dealkylation sites (tertiary alicyclic amines) is 2. The molecule has 0 bridgehead atoms. The average Bonchev–Trinajstić information content (AvgIpc) is 2.46. The summed E-state index contributed by atoms with van der Waals surface area (Å²) in [6.07, 6.45) is 7.03. The van der Waals surface area contributed by atoms with Gasteiger partial charge in [0.15, 0.2) is 0 Å². The molecule has 0 aromatic rings. The van der Waals surface area contributed by atoms with Gasteiger partial charge in [0.05, 0.1) is 0 Å². The second-order valence-corrected chi connectivity index (χ2v) is 5.71. The van der Waals surface area contributed by atoms with E-state index < -0.39 is 0 Å². The summed E-state index contributed by atoms with van der Waals surface area (Å²) in [6, 6.07) is 0.498. The van der Waals surface area contributed by atoms with Gasteiger partial charge in [-0.25, -0.2) is 4.79 Å². The highest BCUT2D eigenvalue weighted by molar-refractivity contribution is 5.75. The van der Waals surface area contributed by atoms with Crippen molar-refractivity contribution in [1.29, 1.82) is 0 Å². The van der Waals surface area contributed by atoms with Gasteiger partial charge in [0.25, 0.3) is 0 Å². The van der Waals surface area contributed by atoms with Crippen molar-refractivity contribution in [3.8, 4) is 0 Å². The Labute approximate surface area is 110 Å². The van der Waals surface area contributed by atoms with E-state index in [4.69, 9.17) is 5.73 Å². The number of amides is 2. The molecule has 0 spiro atoms.